The van der Waals surface area contributed by atoms with Crippen LogP contribution in [-0.4, -0.2) is 35.9 Å². The van der Waals surface area contributed by atoms with Gasteiger partial charge in [-0.3, -0.25) is 9.59 Å². The first-order valence-electron chi connectivity index (χ1n) is 9.48. The Bertz CT molecular complexity index is 775. The van der Waals surface area contributed by atoms with Crippen molar-refractivity contribution in [3.05, 3.63) is 64.1 Å². The van der Waals surface area contributed by atoms with Crippen LogP contribution in [-0.2, 0) is 22.6 Å². The second kappa shape index (κ2) is 10.9. The molecule has 0 radical (unpaired) electrons. The minimum Gasteiger partial charge on any atom is -0.484 e. The number of carbonyl (C=O) groups excluding carboxylic acids is 2. The Hall–Kier alpha value is -2.34. The molecule has 0 aromatic heterocycles. The van der Waals surface area contributed by atoms with Crippen molar-refractivity contribution >= 4 is 27.7 Å². The quantitative estimate of drug-likeness (QED) is 0.634. The summed E-state index contributed by atoms with van der Waals surface area (Å²) in [6.07, 6.45) is 0.949. The highest BCUT2D eigenvalue weighted by Crippen LogP contribution is 2.16. The Morgan fingerprint density at radius 2 is 1.64 bits per heavy atom. The highest BCUT2D eigenvalue weighted by Gasteiger charge is 2.26. The number of carbonyl (C=O) groups is 2. The van der Waals surface area contributed by atoms with Crippen molar-refractivity contribution in [2.45, 2.75) is 39.8 Å². The maximum Gasteiger partial charge on any atom is 0.261 e. The van der Waals surface area contributed by atoms with Gasteiger partial charge in [-0.2, -0.15) is 0 Å². The van der Waals surface area contributed by atoms with Gasteiger partial charge in [0.1, 0.15) is 11.8 Å². The Labute approximate surface area is 175 Å². The van der Waals surface area contributed by atoms with E-state index < -0.39 is 6.04 Å². The van der Waals surface area contributed by atoms with Crippen molar-refractivity contribution in [1.29, 1.82) is 0 Å². The van der Waals surface area contributed by atoms with E-state index in [-0.39, 0.29) is 18.4 Å². The molecule has 0 aliphatic rings. The van der Waals surface area contributed by atoms with Crippen LogP contribution in [0, 0.1) is 0 Å². The summed E-state index contributed by atoms with van der Waals surface area (Å²) in [7, 11) is 0. The summed E-state index contributed by atoms with van der Waals surface area (Å²) in [5.74, 6) is 0.223. The molecule has 0 saturated carbocycles. The van der Waals surface area contributed by atoms with Crippen LogP contribution in [0.15, 0.2) is 53.0 Å². The number of aryl methyl sites for hydroxylation is 1. The molecule has 2 aromatic carbocycles. The van der Waals surface area contributed by atoms with Crippen molar-refractivity contribution in [1.82, 2.24) is 10.2 Å². The van der Waals surface area contributed by atoms with Gasteiger partial charge in [0.15, 0.2) is 6.61 Å². The summed E-state index contributed by atoms with van der Waals surface area (Å²) < 4.78 is 6.63. The molecule has 0 aliphatic carbocycles. The summed E-state index contributed by atoms with van der Waals surface area (Å²) in [5.41, 5.74) is 2.15. The molecule has 2 rings (SSSR count). The van der Waals surface area contributed by atoms with Gasteiger partial charge in [-0.05, 0) is 55.7 Å². The zero-order valence-corrected chi connectivity index (χ0v) is 18.2. The van der Waals surface area contributed by atoms with Gasteiger partial charge in [0.05, 0.1) is 0 Å². The number of hydrogen-bond acceptors (Lipinski definition) is 3. The van der Waals surface area contributed by atoms with Gasteiger partial charge in [0.2, 0.25) is 5.91 Å². The van der Waals surface area contributed by atoms with Gasteiger partial charge in [-0.1, -0.05) is 47.1 Å². The van der Waals surface area contributed by atoms with Crippen LogP contribution in [0.5, 0.6) is 5.75 Å². The largest absolute Gasteiger partial charge is 0.484 e. The molecule has 6 heteroatoms. The minimum atomic E-state index is -0.595. The number of amides is 2. The number of halogens is 1. The Morgan fingerprint density at radius 1 is 1.04 bits per heavy atom. The smallest absolute Gasteiger partial charge is 0.261 e. The number of nitrogens with one attached hydrogen (secondary N) is 1. The van der Waals surface area contributed by atoms with Crippen LogP contribution in [0.4, 0.5) is 0 Å². The summed E-state index contributed by atoms with van der Waals surface area (Å²) in [6.45, 7) is 6.41. The van der Waals surface area contributed by atoms with Crippen molar-refractivity contribution in [3.8, 4) is 5.75 Å². The number of ether oxygens (including phenoxy) is 1. The lowest BCUT2D eigenvalue weighted by Crippen LogP contribution is -2.49. The summed E-state index contributed by atoms with van der Waals surface area (Å²) in [4.78, 5) is 26.7. The van der Waals surface area contributed by atoms with Gasteiger partial charge in [0.25, 0.3) is 5.91 Å². The van der Waals surface area contributed by atoms with E-state index in [1.54, 1.807) is 11.8 Å². The normalized spacial score (nSPS) is 11.6. The molecule has 2 aromatic rings. The van der Waals surface area contributed by atoms with Crippen molar-refractivity contribution in [2.75, 3.05) is 13.2 Å². The monoisotopic (exact) mass is 446 g/mol. The van der Waals surface area contributed by atoms with E-state index in [1.807, 2.05) is 55.5 Å². The van der Waals surface area contributed by atoms with E-state index in [9.17, 15) is 9.59 Å². The maximum absolute atomic E-state index is 12.9. The molecule has 0 fully saturated rings. The molecule has 0 heterocycles. The lowest BCUT2D eigenvalue weighted by Gasteiger charge is -2.28. The SMILES string of the molecule is CCNC(=O)C(C)N(Cc1ccc(Br)cc1)C(=O)COc1ccc(CC)cc1. The number of nitrogens with zero attached hydrogens (tertiary/aromatic N) is 1. The fourth-order valence-electron chi connectivity index (χ4n) is 2.74. The number of likely N-dealkylation sites (N-methyl/N-ethyl adjacent to an activating group) is 1. The summed E-state index contributed by atoms with van der Waals surface area (Å²) in [6, 6.07) is 14.8. The maximum atomic E-state index is 12.9. The molecule has 1 N–H and O–H groups in total. The first kappa shape index (κ1) is 22.0. The lowest BCUT2D eigenvalue weighted by molar-refractivity contribution is -0.142. The first-order chi connectivity index (χ1) is 13.4. The van der Waals surface area contributed by atoms with Gasteiger partial charge in [0, 0.05) is 17.6 Å². The predicted molar refractivity (Wildman–Crippen MR) is 114 cm³/mol. The third-order valence-electron chi connectivity index (χ3n) is 4.48. The van der Waals surface area contributed by atoms with Crippen LogP contribution in [0.1, 0.15) is 31.9 Å². The van der Waals surface area contributed by atoms with E-state index in [4.69, 9.17) is 4.74 Å². The van der Waals surface area contributed by atoms with Crippen LogP contribution in [0.25, 0.3) is 0 Å². The summed E-state index contributed by atoms with van der Waals surface area (Å²) >= 11 is 3.41. The molecule has 0 bridgehead atoms. The van der Waals surface area contributed by atoms with Crippen molar-refractivity contribution < 1.29 is 14.3 Å². The van der Waals surface area contributed by atoms with Crippen molar-refractivity contribution in [3.63, 3.8) is 0 Å². The Balaban J connectivity index is 2.10. The van der Waals surface area contributed by atoms with Crippen molar-refractivity contribution in [2.24, 2.45) is 0 Å². The van der Waals surface area contributed by atoms with Gasteiger partial charge in [-0.15, -0.1) is 0 Å². The number of benzene rings is 2. The van der Waals surface area contributed by atoms with Crippen LogP contribution < -0.4 is 10.1 Å². The second-order valence-corrected chi connectivity index (χ2v) is 7.42. The van der Waals surface area contributed by atoms with E-state index in [2.05, 4.69) is 28.2 Å². The molecule has 1 atom stereocenters. The molecule has 150 valence electrons. The molecule has 5 nitrogen and oxygen atoms in total. The first-order valence-corrected chi connectivity index (χ1v) is 10.3. The van der Waals surface area contributed by atoms with Crippen LogP contribution in [0.3, 0.4) is 0 Å². The lowest BCUT2D eigenvalue weighted by atomic mass is 10.1. The van der Waals surface area contributed by atoms with Gasteiger partial charge < -0.3 is 15.0 Å². The third kappa shape index (κ3) is 6.37. The van der Waals surface area contributed by atoms with E-state index in [0.717, 1.165) is 16.5 Å². The Kier molecular flexibility index (Phi) is 8.51. The standard InChI is InChI=1S/C22H27BrN2O3/c1-4-17-8-12-20(13-9-17)28-15-21(26)25(16(3)22(27)24-5-2)14-18-6-10-19(23)11-7-18/h6-13,16H,4-5,14-15H2,1-3H3,(H,24,27). The van der Waals surface area contributed by atoms with Crippen LogP contribution in [0.2, 0.25) is 0 Å². The molecule has 0 spiro atoms. The highest BCUT2D eigenvalue weighted by atomic mass is 79.9. The second-order valence-electron chi connectivity index (χ2n) is 6.50. The molecule has 1 unspecified atom stereocenters. The molecule has 28 heavy (non-hydrogen) atoms. The number of hydrogen-bond donors (Lipinski definition) is 1. The summed E-state index contributed by atoms with van der Waals surface area (Å²) in [5, 5.41) is 2.78. The minimum absolute atomic E-state index is 0.119. The molecular formula is C22H27BrN2O3. The van der Waals surface area contributed by atoms with Gasteiger partial charge >= 0.3 is 0 Å². The third-order valence-corrected chi connectivity index (χ3v) is 5.01. The molecule has 0 aliphatic heterocycles. The fraction of sp³-hybridized carbons (Fsp3) is 0.364. The highest BCUT2D eigenvalue weighted by molar-refractivity contribution is 9.10. The Morgan fingerprint density at radius 3 is 2.21 bits per heavy atom. The molecule has 2 amide bonds. The van der Waals surface area contributed by atoms with Crippen LogP contribution >= 0.6 is 15.9 Å². The van der Waals surface area contributed by atoms with E-state index in [1.165, 1.54) is 5.56 Å². The average Bonchev–Trinajstić information content (AvgIpc) is 2.71. The topological polar surface area (TPSA) is 58.6 Å². The molecule has 0 saturated heterocycles. The van der Waals surface area contributed by atoms with E-state index in [0.29, 0.717) is 18.8 Å². The molecular weight excluding hydrogens is 420 g/mol. The number of rotatable bonds is 9. The predicted octanol–water partition coefficient (Wildman–Crippen LogP) is 3.94. The zero-order valence-electron chi connectivity index (χ0n) is 16.6. The average molecular weight is 447 g/mol. The van der Waals surface area contributed by atoms with Gasteiger partial charge in [-0.25, -0.2) is 0 Å². The zero-order chi connectivity index (χ0) is 20.5. The fourth-order valence-corrected chi connectivity index (χ4v) is 3.00. The van der Waals surface area contributed by atoms with E-state index >= 15 is 0 Å².